The Morgan fingerprint density at radius 1 is 1.08 bits per heavy atom. The molecular formula is C20H27N3O2. The molecule has 2 aromatic rings. The van der Waals surface area contributed by atoms with Crippen LogP contribution in [0.5, 0.6) is 0 Å². The van der Waals surface area contributed by atoms with Gasteiger partial charge in [0, 0.05) is 45.5 Å². The molecular weight excluding hydrogens is 314 g/mol. The van der Waals surface area contributed by atoms with Gasteiger partial charge in [-0.25, -0.2) is 0 Å². The smallest absolute Gasteiger partial charge is 0.270 e. The molecule has 134 valence electrons. The molecule has 0 unspecified atom stereocenters. The minimum atomic E-state index is -0.273. The molecule has 0 aliphatic carbocycles. The number of aromatic nitrogens is 1. The second-order valence-electron chi connectivity index (χ2n) is 6.66. The molecule has 5 nitrogen and oxygen atoms in total. The summed E-state index contributed by atoms with van der Waals surface area (Å²) in [6.07, 6.45) is 2.46. The second-order valence-corrected chi connectivity index (χ2v) is 6.66. The highest BCUT2D eigenvalue weighted by Crippen LogP contribution is 2.13. The van der Waals surface area contributed by atoms with Crippen LogP contribution >= 0.6 is 0 Å². The molecule has 0 radical (unpaired) electrons. The summed E-state index contributed by atoms with van der Waals surface area (Å²) in [6.45, 7) is 6.47. The number of piperazine rings is 1. The number of aliphatic hydroxyl groups excluding tert-OH is 1. The van der Waals surface area contributed by atoms with Crippen LogP contribution in [0.3, 0.4) is 0 Å². The molecule has 1 saturated heterocycles. The predicted molar refractivity (Wildman–Crippen MR) is 98.6 cm³/mol. The fourth-order valence-electron chi connectivity index (χ4n) is 3.25. The standard InChI is InChI=1S/C20H27N3O2/c1-2-18(24)16-21-11-13-22(14-12-21)20(25)19-9-6-10-23(19)15-17-7-4-3-5-8-17/h3-10,18,24H,2,11-16H2,1H3/t18-/m1/s1. The Bertz CT molecular complexity index is 675. The molecule has 25 heavy (non-hydrogen) atoms. The number of hydrogen-bond donors (Lipinski definition) is 1. The van der Waals surface area contributed by atoms with Crippen LogP contribution in [0.2, 0.25) is 0 Å². The number of rotatable bonds is 6. The van der Waals surface area contributed by atoms with Gasteiger partial charge in [0.1, 0.15) is 5.69 Å². The van der Waals surface area contributed by atoms with E-state index in [0.29, 0.717) is 26.2 Å². The van der Waals surface area contributed by atoms with E-state index in [2.05, 4.69) is 17.0 Å². The monoisotopic (exact) mass is 341 g/mol. The Kier molecular flexibility index (Phi) is 5.89. The van der Waals surface area contributed by atoms with Gasteiger partial charge >= 0.3 is 0 Å². The van der Waals surface area contributed by atoms with Gasteiger partial charge in [-0.2, -0.15) is 0 Å². The van der Waals surface area contributed by atoms with E-state index >= 15 is 0 Å². The maximum atomic E-state index is 12.9. The van der Waals surface area contributed by atoms with Crippen LogP contribution in [0, 0.1) is 0 Å². The molecule has 0 saturated carbocycles. The van der Waals surface area contributed by atoms with E-state index in [1.165, 1.54) is 5.56 Å². The van der Waals surface area contributed by atoms with Gasteiger partial charge in [0.05, 0.1) is 6.10 Å². The Morgan fingerprint density at radius 2 is 1.80 bits per heavy atom. The first kappa shape index (κ1) is 17.7. The number of hydrogen-bond acceptors (Lipinski definition) is 3. The summed E-state index contributed by atoms with van der Waals surface area (Å²) in [5.41, 5.74) is 1.93. The van der Waals surface area contributed by atoms with Crippen molar-refractivity contribution >= 4 is 5.91 Å². The van der Waals surface area contributed by atoms with Crippen molar-refractivity contribution in [2.24, 2.45) is 0 Å². The number of benzene rings is 1. The van der Waals surface area contributed by atoms with Gasteiger partial charge < -0.3 is 14.6 Å². The van der Waals surface area contributed by atoms with E-state index < -0.39 is 0 Å². The lowest BCUT2D eigenvalue weighted by molar-refractivity contribution is 0.0516. The minimum absolute atomic E-state index is 0.0941. The van der Waals surface area contributed by atoms with Gasteiger partial charge in [0.2, 0.25) is 0 Å². The lowest BCUT2D eigenvalue weighted by Crippen LogP contribution is -2.50. The van der Waals surface area contributed by atoms with Crippen molar-refractivity contribution in [2.45, 2.75) is 26.0 Å². The highest BCUT2D eigenvalue weighted by atomic mass is 16.3. The van der Waals surface area contributed by atoms with Crippen molar-refractivity contribution in [1.82, 2.24) is 14.4 Å². The molecule has 1 fully saturated rings. The zero-order valence-corrected chi connectivity index (χ0v) is 14.8. The number of aliphatic hydroxyl groups is 1. The van der Waals surface area contributed by atoms with Gasteiger partial charge in [0.15, 0.2) is 0 Å². The van der Waals surface area contributed by atoms with Crippen LogP contribution in [0.15, 0.2) is 48.7 Å². The largest absolute Gasteiger partial charge is 0.392 e. The van der Waals surface area contributed by atoms with E-state index in [1.54, 1.807) is 0 Å². The summed E-state index contributed by atoms with van der Waals surface area (Å²) in [7, 11) is 0. The van der Waals surface area contributed by atoms with E-state index in [0.717, 1.165) is 25.2 Å². The summed E-state index contributed by atoms with van der Waals surface area (Å²) in [5, 5.41) is 9.79. The van der Waals surface area contributed by atoms with Crippen molar-refractivity contribution in [3.8, 4) is 0 Å². The molecule has 0 bridgehead atoms. The van der Waals surface area contributed by atoms with Crippen LogP contribution < -0.4 is 0 Å². The SMILES string of the molecule is CC[C@@H](O)CN1CCN(C(=O)c2cccn2Cc2ccccc2)CC1. The molecule has 1 N–H and O–H groups in total. The maximum Gasteiger partial charge on any atom is 0.270 e. The van der Waals surface area contributed by atoms with Gasteiger partial charge in [-0.3, -0.25) is 9.69 Å². The Hall–Kier alpha value is -2.11. The minimum Gasteiger partial charge on any atom is -0.392 e. The maximum absolute atomic E-state index is 12.9. The topological polar surface area (TPSA) is 48.7 Å². The van der Waals surface area contributed by atoms with E-state index in [9.17, 15) is 9.90 Å². The first-order valence-corrected chi connectivity index (χ1v) is 9.06. The van der Waals surface area contributed by atoms with E-state index in [1.807, 2.05) is 52.9 Å². The molecule has 2 heterocycles. The molecule has 1 aliphatic rings. The molecule has 1 aliphatic heterocycles. The van der Waals surface area contributed by atoms with Crippen LogP contribution in [-0.4, -0.2) is 64.2 Å². The average Bonchev–Trinajstić information content (AvgIpc) is 3.10. The molecule has 5 heteroatoms. The molecule has 1 aromatic heterocycles. The van der Waals surface area contributed by atoms with Crippen LogP contribution in [0.25, 0.3) is 0 Å². The quantitative estimate of drug-likeness (QED) is 0.875. The fraction of sp³-hybridized carbons (Fsp3) is 0.450. The lowest BCUT2D eigenvalue weighted by Gasteiger charge is -2.35. The van der Waals surface area contributed by atoms with Crippen LogP contribution in [-0.2, 0) is 6.54 Å². The first-order chi connectivity index (χ1) is 12.2. The molecule has 1 amide bonds. The summed E-state index contributed by atoms with van der Waals surface area (Å²) in [4.78, 5) is 17.1. The normalized spacial score (nSPS) is 16.8. The fourth-order valence-corrected chi connectivity index (χ4v) is 3.25. The third kappa shape index (κ3) is 4.50. The summed E-state index contributed by atoms with van der Waals surface area (Å²) >= 11 is 0. The van der Waals surface area contributed by atoms with Gasteiger partial charge in [-0.05, 0) is 24.1 Å². The number of carbonyl (C=O) groups excluding carboxylic acids is 1. The van der Waals surface area contributed by atoms with Crippen molar-refractivity contribution in [2.75, 3.05) is 32.7 Å². The zero-order chi connectivity index (χ0) is 17.6. The van der Waals surface area contributed by atoms with Gasteiger partial charge in [-0.1, -0.05) is 37.3 Å². The molecule has 1 atom stereocenters. The number of amides is 1. The summed E-state index contributed by atoms with van der Waals surface area (Å²) < 4.78 is 2.02. The number of β-amino-alcohol motifs (C(OH)–C–C–N with tert-alkyl or cyclic N) is 1. The summed E-state index contributed by atoms with van der Waals surface area (Å²) in [5.74, 6) is 0.0941. The Balaban J connectivity index is 1.60. The number of nitrogens with zero attached hydrogens (tertiary/aromatic N) is 3. The third-order valence-corrected chi connectivity index (χ3v) is 4.84. The molecule has 3 rings (SSSR count). The van der Waals surface area contributed by atoms with Crippen molar-refractivity contribution in [1.29, 1.82) is 0 Å². The highest BCUT2D eigenvalue weighted by molar-refractivity contribution is 5.92. The van der Waals surface area contributed by atoms with Crippen LogP contribution in [0.1, 0.15) is 29.4 Å². The van der Waals surface area contributed by atoms with E-state index in [4.69, 9.17) is 0 Å². The third-order valence-electron chi connectivity index (χ3n) is 4.84. The Morgan fingerprint density at radius 3 is 2.48 bits per heavy atom. The van der Waals surface area contributed by atoms with E-state index in [-0.39, 0.29) is 12.0 Å². The van der Waals surface area contributed by atoms with Crippen molar-refractivity contribution in [3.05, 3.63) is 59.9 Å². The van der Waals surface area contributed by atoms with Crippen molar-refractivity contribution in [3.63, 3.8) is 0 Å². The summed E-state index contributed by atoms with van der Waals surface area (Å²) in [6, 6.07) is 14.0. The molecule has 0 spiro atoms. The zero-order valence-electron chi connectivity index (χ0n) is 14.8. The highest BCUT2D eigenvalue weighted by Gasteiger charge is 2.24. The van der Waals surface area contributed by atoms with Crippen LogP contribution in [0.4, 0.5) is 0 Å². The average molecular weight is 341 g/mol. The van der Waals surface area contributed by atoms with Crippen molar-refractivity contribution < 1.29 is 9.90 Å². The second kappa shape index (κ2) is 8.32. The number of carbonyl (C=O) groups is 1. The first-order valence-electron chi connectivity index (χ1n) is 9.06. The lowest BCUT2D eigenvalue weighted by atomic mass is 10.2. The molecule has 1 aromatic carbocycles. The van der Waals surface area contributed by atoms with Gasteiger partial charge in [-0.15, -0.1) is 0 Å². The van der Waals surface area contributed by atoms with Gasteiger partial charge in [0.25, 0.3) is 5.91 Å². The Labute approximate surface area is 149 Å². The predicted octanol–water partition coefficient (Wildman–Crippen LogP) is 2.07.